The summed E-state index contributed by atoms with van der Waals surface area (Å²) in [5, 5.41) is 4.14. The zero-order chi connectivity index (χ0) is 16.8. The average molecular weight is 345 g/mol. The van der Waals surface area contributed by atoms with Gasteiger partial charge in [0.05, 0.1) is 0 Å². The van der Waals surface area contributed by atoms with Gasteiger partial charge in [0.15, 0.2) is 0 Å². The van der Waals surface area contributed by atoms with E-state index >= 15 is 0 Å². The van der Waals surface area contributed by atoms with Crippen LogP contribution in [-0.4, -0.2) is 17.4 Å². The number of nitrogens with zero attached hydrogens (tertiary/aromatic N) is 1. The predicted molar refractivity (Wildman–Crippen MR) is 95.4 cm³/mol. The topological polar surface area (TPSA) is 77.2 Å². The number of hydrogen-bond acceptors (Lipinski definition) is 5. The summed E-state index contributed by atoms with van der Waals surface area (Å²) in [7, 11) is 0. The molecule has 0 atom stereocenters. The van der Waals surface area contributed by atoms with Crippen molar-refractivity contribution in [1.82, 2.24) is 10.3 Å². The molecule has 1 saturated carbocycles. The van der Waals surface area contributed by atoms with Crippen LogP contribution in [-0.2, 0) is 6.54 Å². The molecule has 5 nitrogen and oxygen atoms in total. The van der Waals surface area contributed by atoms with Crippen LogP contribution in [0.4, 0.5) is 0 Å². The Bertz CT molecular complexity index is 663. The summed E-state index contributed by atoms with van der Waals surface area (Å²) in [6.45, 7) is 1.92. The highest BCUT2D eigenvalue weighted by Gasteiger charge is 2.13. The first-order valence-electron chi connectivity index (χ1n) is 8.44. The van der Waals surface area contributed by atoms with Gasteiger partial charge in [-0.05, 0) is 49.6 Å². The van der Waals surface area contributed by atoms with Crippen molar-refractivity contribution in [3.05, 3.63) is 40.9 Å². The molecule has 1 amide bonds. The van der Waals surface area contributed by atoms with Gasteiger partial charge in [-0.3, -0.25) is 4.79 Å². The van der Waals surface area contributed by atoms with E-state index in [1.807, 2.05) is 6.20 Å². The molecule has 0 saturated heterocycles. The second kappa shape index (κ2) is 8.26. The summed E-state index contributed by atoms with van der Waals surface area (Å²) >= 11 is 1.54. The summed E-state index contributed by atoms with van der Waals surface area (Å²) in [4.78, 5) is 16.5. The Morgan fingerprint density at radius 3 is 2.71 bits per heavy atom. The molecule has 6 heteroatoms. The number of hydrogen-bond donors (Lipinski definition) is 2. The highest BCUT2D eigenvalue weighted by atomic mass is 32.1. The molecule has 1 heterocycles. The first-order valence-corrected chi connectivity index (χ1v) is 9.25. The van der Waals surface area contributed by atoms with Crippen molar-refractivity contribution in [2.75, 3.05) is 6.54 Å². The zero-order valence-corrected chi connectivity index (χ0v) is 14.5. The Hall–Kier alpha value is -1.92. The monoisotopic (exact) mass is 345 g/mol. The zero-order valence-electron chi connectivity index (χ0n) is 13.7. The predicted octanol–water partition coefficient (Wildman–Crippen LogP) is 3.70. The van der Waals surface area contributed by atoms with Crippen LogP contribution in [0.15, 0.2) is 30.5 Å². The summed E-state index contributed by atoms with van der Waals surface area (Å²) in [5.41, 5.74) is 5.69. The molecule has 0 unspecified atom stereocenters. The summed E-state index contributed by atoms with van der Waals surface area (Å²) in [5.74, 6) is 1.03. The van der Waals surface area contributed by atoms with Gasteiger partial charge in [-0.2, -0.15) is 0 Å². The maximum Gasteiger partial charge on any atom is 0.278 e. The molecule has 1 aromatic carbocycles. The van der Waals surface area contributed by atoms with Crippen molar-refractivity contribution in [3.8, 4) is 10.9 Å². The van der Waals surface area contributed by atoms with E-state index in [0.29, 0.717) is 16.5 Å². The van der Waals surface area contributed by atoms with E-state index in [9.17, 15) is 4.79 Å². The number of amides is 1. The van der Waals surface area contributed by atoms with Crippen LogP contribution in [0.5, 0.6) is 10.9 Å². The lowest BCUT2D eigenvalue weighted by atomic mass is 9.89. The van der Waals surface area contributed by atoms with Crippen LogP contribution in [0.2, 0.25) is 0 Å². The van der Waals surface area contributed by atoms with Gasteiger partial charge >= 0.3 is 0 Å². The van der Waals surface area contributed by atoms with Crippen molar-refractivity contribution >= 4 is 17.2 Å². The third-order valence-electron chi connectivity index (χ3n) is 4.33. The Morgan fingerprint density at radius 1 is 1.25 bits per heavy atom. The van der Waals surface area contributed by atoms with Crippen molar-refractivity contribution < 1.29 is 9.53 Å². The van der Waals surface area contributed by atoms with E-state index in [0.717, 1.165) is 23.9 Å². The van der Waals surface area contributed by atoms with Gasteiger partial charge in [-0.25, -0.2) is 4.98 Å². The van der Waals surface area contributed by atoms with Gasteiger partial charge in [-0.15, -0.1) is 0 Å². The molecule has 1 aliphatic rings. The molecule has 1 aliphatic carbocycles. The smallest absolute Gasteiger partial charge is 0.278 e. The van der Waals surface area contributed by atoms with E-state index in [1.54, 1.807) is 24.3 Å². The van der Waals surface area contributed by atoms with Crippen LogP contribution in [0.1, 0.15) is 47.3 Å². The quantitative estimate of drug-likeness (QED) is 0.802. The molecule has 24 heavy (non-hydrogen) atoms. The van der Waals surface area contributed by atoms with Crippen molar-refractivity contribution in [2.24, 2.45) is 11.7 Å². The third-order valence-corrected chi connectivity index (χ3v) is 5.21. The van der Waals surface area contributed by atoms with Gasteiger partial charge in [0.25, 0.3) is 5.19 Å². The largest absolute Gasteiger partial charge is 0.431 e. The minimum atomic E-state index is -0.442. The summed E-state index contributed by atoms with van der Waals surface area (Å²) in [6.07, 6.45) is 8.70. The minimum Gasteiger partial charge on any atom is -0.431 e. The molecule has 3 N–H and O–H groups in total. The Morgan fingerprint density at radius 2 is 2.00 bits per heavy atom. The Kier molecular flexibility index (Phi) is 5.82. The molecule has 0 spiro atoms. The lowest BCUT2D eigenvalue weighted by Crippen LogP contribution is -2.23. The SMILES string of the molecule is NC(=O)c1ccc(Oc2ncc(CNCC3CCCCC3)s2)cc1. The highest BCUT2D eigenvalue weighted by Crippen LogP contribution is 2.27. The summed E-state index contributed by atoms with van der Waals surface area (Å²) in [6, 6.07) is 6.75. The maximum absolute atomic E-state index is 11.1. The number of primary amides is 1. The van der Waals surface area contributed by atoms with Crippen LogP contribution in [0.3, 0.4) is 0 Å². The normalized spacial score (nSPS) is 15.3. The number of aromatic nitrogens is 1. The number of rotatable bonds is 7. The minimum absolute atomic E-state index is 0.442. The molecule has 2 aromatic rings. The van der Waals surface area contributed by atoms with E-state index < -0.39 is 5.91 Å². The van der Waals surface area contributed by atoms with Gasteiger partial charge in [-0.1, -0.05) is 30.6 Å². The van der Waals surface area contributed by atoms with Gasteiger partial charge in [0.1, 0.15) is 5.75 Å². The first-order chi connectivity index (χ1) is 11.7. The van der Waals surface area contributed by atoms with Crippen molar-refractivity contribution in [1.29, 1.82) is 0 Å². The molecule has 0 radical (unpaired) electrons. The summed E-state index contributed by atoms with van der Waals surface area (Å²) < 4.78 is 5.72. The second-order valence-corrected chi connectivity index (χ2v) is 7.30. The van der Waals surface area contributed by atoms with E-state index in [-0.39, 0.29) is 0 Å². The lowest BCUT2D eigenvalue weighted by Gasteiger charge is -2.21. The van der Waals surface area contributed by atoms with Crippen LogP contribution < -0.4 is 15.8 Å². The van der Waals surface area contributed by atoms with E-state index in [4.69, 9.17) is 10.5 Å². The van der Waals surface area contributed by atoms with Crippen LogP contribution >= 0.6 is 11.3 Å². The maximum atomic E-state index is 11.1. The average Bonchev–Trinajstić information content (AvgIpc) is 3.04. The molecule has 3 rings (SSSR count). The molecular formula is C18H23N3O2S. The number of nitrogens with two attached hydrogens (primary N) is 1. The van der Waals surface area contributed by atoms with Crippen molar-refractivity contribution in [3.63, 3.8) is 0 Å². The van der Waals surface area contributed by atoms with Crippen LogP contribution in [0.25, 0.3) is 0 Å². The van der Waals surface area contributed by atoms with E-state index in [1.165, 1.54) is 43.4 Å². The second-order valence-electron chi connectivity index (χ2n) is 6.22. The molecular weight excluding hydrogens is 322 g/mol. The number of nitrogens with one attached hydrogen (secondary N) is 1. The molecule has 0 aliphatic heterocycles. The number of carbonyl (C=O) groups is 1. The van der Waals surface area contributed by atoms with Gasteiger partial charge < -0.3 is 15.8 Å². The Balaban J connectivity index is 1.47. The molecule has 0 bridgehead atoms. The van der Waals surface area contributed by atoms with Crippen LogP contribution in [0, 0.1) is 5.92 Å². The van der Waals surface area contributed by atoms with E-state index in [2.05, 4.69) is 10.3 Å². The molecule has 1 aromatic heterocycles. The van der Waals surface area contributed by atoms with Gasteiger partial charge in [0.2, 0.25) is 5.91 Å². The van der Waals surface area contributed by atoms with Gasteiger partial charge in [0, 0.05) is 23.2 Å². The lowest BCUT2D eigenvalue weighted by molar-refractivity contribution is 0.100. The number of ether oxygens (including phenoxy) is 1. The number of benzene rings is 1. The third kappa shape index (κ3) is 4.79. The highest BCUT2D eigenvalue weighted by molar-refractivity contribution is 7.13. The number of carbonyl (C=O) groups excluding carboxylic acids is 1. The molecule has 1 fully saturated rings. The molecule has 128 valence electrons. The van der Waals surface area contributed by atoms with Crippen molar-refractivity contribution in [2.45, 2.75) is 38.6 Å². The standard InChI is InChI=1S/C18H23N3O2S/c19-17(22)14-6-8-15(9-7-14)23-18-21-12-16(24-18)11-20-10-13-4-2-1-3-5-13/h6-9,12-13,20H,1-5,10-11H2,(H2,19,22). The Labute approximate surface area is 146 Å². The number of thiazole rings is 1. The fourth-order valence-corrected chi connectivity index (χ4v) is 3.74. The first kappa shape index (κ1) is 16.9. The fraction of sp³-hybridized carbons (Fsp3) is 0.444. The fourth-order valence-electron chi connectivity index (χ4n) is 3.00.